The Morgan fingerprint density at radius 2 is 1.09 bits per heavy atom. The van der Waals surface area contributed by atoms with Crippen LogP contribution in [0.25, 0.3) is 0 Å². The van der Waals surface area contributed by atoms with E-state index in [2.05, 4.69) is 117 Å². The minimum absolute atomic E-state index is 0. The zero-order chi connectivity index (χ0) is 42.3. The molecule has 3 fully saturated rings. The molecule has 336 valence electrons. The van der Waals surface area contributed by atoms with Crippen LogP contribution in [0.1, 0.15) is 74.1 Å². The first-order chi connectivity index (χ1) is 25.2. The van der Waals surface area contributed by atoms with Crippen LogP contribution in [0, 0.1) is 35.5 Å². The van der Waals surface area contributed by atoms with Crippen molar-refractivity contribution in [3.63, 3.8) is 0 Å². The van der Waals surface area contributed by atoms with Crippen LogP contribution in [0.4, 0.5) is 0 Å². The quantitative estimate of drug-likeness (QED) is 0.220. The van der Waals surface area contributed by atoms with Crippen LogP contribution in [0.15, 0.2) is 11.1 Å². The van der Waals surface area contributed by atoms with Gasteiger partial charge in [-0.15, -0.1) is 24.0 Å². The number of ketones is 2. The van der Waals surface area contributed by atoms with Gasteiger partial charge < -0.3 is 24.9 Å². The molecule has 0 spiro atoms. The van der Waals surface area contributed by atoms with Gasteiger partial charge in [-0.1, -0.05) is 61.3 Å². The summed E-state index contributed by atoms with van der Waals surface area (Å²) in [5, 5.41) is 19.0. The van der Waals surface area contributed by atoms with Crippen LogP contribution in [0.2, 0.25) is 0 Å². The van der Waals surface area contributed by atoms with Gasteiger partial charge >= 0.3 is 62.4 Å². The Bertz CT molecular complexity index is 1300. The van der Waals surface area contributed by atoms with E-state index in [1.165, 1.54) is 5.37 Å². The molecule has 0 amide bonds. The fourth-order valence-corrected chi connectivity index (χ4v) is 8.23. The summed E-state index contributed by atoms with van der Waals surface area (Å²) in [5.41, 5.74) is 1.66. The van der Waals surface area contributed by atoms with Gasteiger partial charge in [-0.3, -0.25) is 23.5 Å². The molecule has 4 heterocycles. The molecule has 0 aromatic carbocycles. The second-order valence-electron chi connectivity index (χ2n) is 14.9. The van der Waals surface area contributed by atoms with E-state index in [-0.39, 0.29) is 49.0 Å². The van der Waals surface area contributed by atoms with E-state index in [9.17, 15) is 23.4 Å². The standard InChI is InChI=1S/C11H21NO2S.C10H19NO.C8H15NO2.C8H13NO2.CH4.I3.I2.HI/c1-5-9-6-12(2)7-10(9)11(13)8-15(3,4)14;1-4-8-6-11(3)7-9(8)10(12)5-2;2*1-3-6-4-9(2)5-7(6)8(10)11;;1-3-2;1-2;/h8-10H,5-7H2,1-4H3;8-9H,4-7H2,1-3H3;6-7H,3-5H2,1-2H3,(H,10,11);3-5H2,1-2H3,(H,10,11);1H4;;;1H/q;;;;;-1;;/t9-,10+;8-,9+;6-,7+;;;;;/m111...../s1. The fraction of sp³-hybridized carbons (Fsp3) is 0.816. The monoisotopic (exact) mass is 1490 g/mol. The summed E-state index contributed by atoms with van der Waals surface area (Å²) in [5.74, 6) is 0.774. The molecule has 4 rings (SSSR count). The van der Waals surface area contributed by atoms with Crippen LogP contribution in [0.5, 0.6) is 0 Å². The predicted molar refractivity (Wildman–Crippen MR) is 279 cm³/mol. The van der Waals surface area contributed by atoms with E-state index < -0.39 is 21.5 Å². The molecule has 0 aromatic heterocycles. The summed E-state index contributed by atoms with van der Waals surface area (Å²) < 4.78 is 11.5. The molecule has 56 heavy (non-hydrogen) atoms. The molecule has 0 bridgehead atoms. The predicted octanol–water partition coefficient (Wildman–Crippen LogP) is 5.23. The van der Waals surface area contributed by atoms with Crippen molar-refractivity contribution < 1.29 is 46.9 Å². The maximum atomic E-state index is 11.9. The van der Waals surface area contributed by atoms with E-state index in [0.717, 1.165) is 70.5 Å². The third kappa shape index (κ3) is 26.0. The van der Waals surface area contributed by atoms with Gasteiger partial charge in [-0.05, 0) is 67.5 Å². The number of aliphatic carboxylic acids is 2. The average Bonchev–Trinajstić information content (AvgIpc) is 3.89. The Morgan fingerprint density at radius 1 is 0.714 bits per heavy atom. The summed E-state index contributed by atoms with van der Waals surface area (Å²) in [7, 11) is 6.00. The molecule has 3 saturated heterocycles. The van der Waals surface area contributed by atoms with Gasteiger partial charge in [0, 0.05) is 126 Å². The van der Waals surface area contributed by atoms with E-state index in [4.69, 9.17) is 10.2 Å². The van der Waals surface area contributed by atoms with Crippen LogP contribution in [-0.4, -0.2) is 156 Å². The van der Waals surface area contributed by atoms with Gasteiger partial charge in [0.15, 0.2) is 5.78 Å². The third-order valence-corrected chi connectivity index (χ3v) is 11.1. The second-order valence-corrected chi connectivity index (χ2v) is 34.0. The van der Waals surface area contributed by atoms with Crippen molar-refractivity contribution in [2.45, 2.75) is 74.1 Å². The number of likely N-dealkylation sites (N-methyl/N-ethyl adjacent to an activating group) is 1. The van der Waals surface area contributed by atoms with Gasteiger partial charge in [0.2, 0.25) is 0 Å². The first kappa shape index (κ1) is 64.9. The van der Waals surface area contributed by atoms with Crippen molar-refractivity contribution in [3.05, 3.63) is 11.1 Å². The first-order valence-corrected chi connectivity index (χ1v) is 39.8. The number of likely N-dealkylation sites (tertiary alicyclic amines) is 3. The molecule has 0 radical (unpaired) electrons. The summed E-state index contributed by atoms with van der Waals surface area (Å²) in [6.45, 7) is 17.2. The number of carboxylic acid groups (broad SMARTS) is 2. The summed E-state index contributed by atoms with van der Waals surface area (Å²) in [6.07, 6.45) is 7.92. The molecule has 4 aliphatic heterocycles. The number of hydrogen-bond donors (Lipinski definition) is 2. The first-order valence-electron chi connectivity index (χ1n) is 18.5. The molecule has 0 aliphatic carbocycles. The molecule has 6 atom stereocenters. The minimum atomic E-state index is -2.05. The Kier molecular flexibility index (Phi) is 41.4. The SMILES string of the molecule is C.CCC(=O)[C@H]1CN(C)C[C@H]1CC.CCC1=C(C(=O)O)CN(C)C1.CC[C@@H]1CN(C)C[C@@H]1C(=O)C=S(C)(C)=O.CC[C@@H]1CN(C)C[C@@H]1C(=O)O.I.II.I[I-]I. The number of rotatable bonds is 10. The maximum absolute atomic E-state index is 11.9. The summed E-state index contributed by atoms with van der Waals surface area (Å²) >= 11 is 9.54. The van der Waals surface area contributed by atoms with Gasteiger partial charge in [-0.25, -0.2) is 4.79 Å². The van der Waals surface area contributed by atoms with E-state index >= 15 is 0 Å². The van der Waals surface area contributed by atoms with Gasteiger partial charge in [0.1, 0.15) is 5.78 Å². The molecule has 0 saturated carbocycles. The van der Waals surface area contributed by atoms with Crippen molar-refractivity contribution in [1.29, 1.82) is 0 Å². The van der Waals surface area contributed by atoms with Crippen molar-refractivity contribution in [1.82, 2.24) is 19.6 Å². The topological polar surface area (TPSA) is 139 Å². The van der Waals surface area contributed by atoms with Crippen LogP contribution in [0.3, 0.4) is 0 Å². The number of hydrogen-bond acceptors (Lipinski definition) is 9. The third-order valence-electron chi connectivity index (χ3n) is 10.3. The van der Waals surface area contributed by atoms with Gasteiger partial charge in [0.05, 0.1) is 11.5 Å². The molecule has 18 heteroatoms. The zero-order valence-electron chi connectivity index (χ0n) is 34.7. The van der Waals surface area contributed by atoms with E-state index in [0.29, 0.717) is 67.8 Å². The summed E-state index contributed by atoms with van der Waals surface area (Å²) in [4.78, 5) is 53.3. The number of carboxylic acids is 2. The van der Waals surface area contributed by atoms with Crippen molar-refractivity contribution in [3.8, 4) is 0 Å². The van der Waals surface area contributed by atoms with Crippen LogP contribution in [-0.2, 0) is 28.7 Å². The Morgan fingerprint density at radius 3 is 1.39 bits per heavy atom. The number of halogens is 6. The van der Waals surface area contributed by atoms with Crippen molar-refractivity contribution in [2.24, 2.45) is 35.5 Å². The molecule has 11 nitrogen and oxygen atoms in total. The van der Waals surface area contributed by atoms with Crippen molar-refractivity contribution in [2.75, 3.05) is 93.1 Å². The molecule has 2 N–H and O–H groups in total. The Hall–Kier alpha value is 2.26. The van der Waals surface area contributed by atoms with Gasteiger partial charge in [0.25, 0.3) is 0 Å². The number of carbonyl (C=O) groups excluding carboxylic acids is 2. The number of carbonyl (C=O) groups is 4. The number of Topliss-reactive ketones (excluding diaryl/α,β-unsaturated/α-hetero) is 2. The molecule has 0 unspecified atom stereocenters. The summed E-state index contributed by atoms with van der Waals surface area (Å²) in [6, 6.07) is 0. The molecular formula is C38H73I6N4O7S-. The molecular weight excluding hydrogens is 1420 g/mol. The normalized spacial score (nSPS) is 24.8. The van der Waals surface area contributed by atoms with Crippen LogP contribution >= 0.6 is 98.4 Å². The Labute approximate surface area is 411 Å². The second kappa shape index (κ2) is 35.7. The number of nitrogens with zero attached hydrogens (tertiary/aromatic N) is 4. The average molecular weight is 1490 g/mol. The zero-order valence-corrected chi connectivity index (χ0v) is 48.6. The molecule has 0 aromatic rings. The Balaban J connectivity index is -0.000000308. The van der Waals surface area contributed by atoms with E-state index in [1.54, 1.807) is 12.5 Å². The van der Waals surface area contributed by atoms with Gasteiger partial charge in [-0.2, -0.15) is 0 Å². The fourth-order valence-electron chi connectivity index (χ4n) is 7.50. The van der Waals surface area contributed by atoms with Crippen molar-refractivity contribution >= 4 is 137 Å². The van der Waals surface area contributed by atoms with Crippen LogP contribution < -0.4 is 13.3 Å². The van der Waals surface area contributed by atoms with E-state index in [1.807, 2.05) is 39.9 Å². The molecule has 4 aliphatic rings.